The molecule has 140 valence electrons. The summed E-state index contributed by atoms with van der Waals surface area (Å²) in [5, 5.41) is 10.2. The Morgan fingerprint density at radius 3 is 2.85 bits per heavy atom. The molecule has 0 saturated heterocycles. The molecule has 6 nitrogen and oxygen atoms in total. The molecule has 1 heterocycles. The van der Waals surface area contributed by atoms with Gasteiger partial charge >= 0.3 is 0 Å². The third-order valence-electron chi connectivity index (χ3n) is 3.33. The monoisotopic (exact) mass is 391 g/mol. The topological polar surface area (TPSA) is 77.2 Å². The Kier molecular flexibility index (Phi) is 6.02. The van der Waals surface area contributed by atoms with Gasteiger partial charge in [0.1, 0.15) is 17.4 Å². The first-order valence-electron chi connectivity index (χ1n) is 7.89. The zero-order chi connectivity index (χ0) is 19.2. The van der Waals surface area contributed by atoms with Crippen molar-refractivity contribution in [3.05, 3.63) is 65.6 Å². The van der Waals surface area contributed by atoms with E-state index in [0.29, 0.717) is 11.8 Å². The first kappa shape index (κ1) is 18.8. The summed E-state index contributed by atoms with van der Waals surface area (Å²) in [5.74, 6) is -1.17. The summed E-state index contributed by atoms with van der Waals surface area (Å²) in [6.07, 6.45) is 0. The molecule has 0 aliphatic heterocycles. The Hall–Kier alpha value is -2.94. The molecule has 0 saturated carbocycles. The van der Waals surface area contributed by atoms with Crippen LogP contribution in [0.25, 0.3) is 0 Å². The van der Waals surface area contributed by atoms with E-state index in [4.69, 9.17) is 9.15 Å². The van der Waals surface area contributed by atoms with E-state index in [-0.39, 0.29) is 29.2 Å². The van der Waals surface area contributed by atoms with Crippen LogP contribution >= 0.6 is 11.8 Å². The highest BCUT2D eigenvalue weighted by Crippen LogP contribution is 2.20. The molecule has 1 N–H and O–H groups in total. The number of hydrogen-bond donors (Lipinski definition) is 1. The van der Waals surface area contributed by atoms with Crippen molar-refractivity contribution in [3.8, 4) is 5.75 Å². The summed E-state index contributed by atoms with van der Waals surface area (Å²) < 4.78 is 37.3. The highest BCUT2D eigenvalue weighted by atomic mass is 32.2. The highest BCUT2D eigenvalue weighted by molar-refractivity contribution is 7.99. The lowest BCUT2D eigenvalue weighted by Crippen LogP contribution is -2.15. The Labute approximate surface area is 157 Å². The van der Waals surface area contributed by atoms with Gasteiger partial charge in [0.25, 0.3) is 11.1 Å². The number of halogens is 2. The molecular weight excluding hydrogens is 376 g/mol. The van der Waals surface area contributed by atoms with E-state index < -0.39 is 17.5 Å². The van der Waals surface area contributed by atoms with Crippen LogP contribution in [0, 0.1) is 18.6 Å². The lowest BCUT2D eigenvalue weighted by molar-refractivity contribution is -0.113. The van der Waals surface area contributed by atoms with Gasteiger partial charge in [0.05, 0.1) is 11.4 Å². The molecule has 1 aromatic heterocycles. The maximum Gasteiger partial charge on any atom is 0.277 e. The quantitative estimate of drug-likeness (QED) is 0.614. The minimum Gasteiger partial charge on any atom is -0.484 e. The molecule has 2 aromatic carbocycles. The van der Waals surface area contributed by atoms with E-state index in [1.54, 1.807) is 0 Å². The highest BCUT2D eigenvalue weighted by Gasteiger charge is 2.12. The van der Waals surface area contributed by atoms with Gasteiger partial charge in [0.2, 0.25) is 5.91 Å². The number of benzene rings is 2. The van der Waals surface area contributed by atoms with Crippen molar-refractivity contribution in [2.45, 2.75) is 18.8 Å². The number of aromatic nitrogens is 2. The zero-order valence-corrected chi connectivity index (χ0v) is 15.1. The van der Waals surface area contributed by atoms with Crippen molar-refractivity contribution in [3.63, 3.8) is 0 Å². The predicted octanol–water partition coefficient (Wildman–Crippen LogP) is 3.97. The molecule has 9 heteroatoms. The number of amides is 1. The third kappa shape index (κ3) is 5.52. The molecule has 0 aliphatic carbocycles. The van der Waals surface area contributed by atoms with Gasteiger partial charge in [-0.25, -0.2) is 8.78 Å². The summed E-state index contributed by atoms with van der Waals surface area (Å²) in [4.78, 5) is 11.9. The van der Waals surface area contributed by atoms with Crippen molar-refractivity contribution in [1.82, 2.24) is 10.2 Å². The van der Waals surface area contributed by atoms with Gasteiger partial charge in [0, 0.05) is 6.07 Å². The van der Waals surface area contributed by atoms with Crippen LogP contribution in [-0.4, -0.2) is 21.9 Å². The molecule has 27 heavy (non-hydrogen) atoms. The van der Waals surface area contributed by atoms with E-state index in [0.717, 1.165) is 29.5 Å². The molecule has 1 amide bonds. The number of nitrogens with zero attached hydrogens (tertiary/aromatic N) is 2. The third-order valence-corrected chi connectivity index (χ3v) is 4.15. The molecule has 0 spiro atoms. The normalized spacial score (nSPS) is 10.6. The number of rotatable bonds is 7. The smallest absolute Gasteiger partial charge is 0.277 e. The lowest BCUT2D eigenvalue weighted by atomic mass is 10.2. The maximum atomic E-state index is 13.5. The molecule has 3 rings (SSSR count). The standard InChI is InChI=1S/C18H15F2N3O3S/c1-11-3-2-4-13(7-11)25-9-17-22-23-18(26-17)27-10-16(24)21-15-6-5-12(19)8-14(15)20/h2-8H,9-10H2,1H3,(H,21,24). The molecule has 0 unspecified atom stereocenters. The van der Waals surface area contributed by atoms with Gasteiger partial charge in [-0.15, -0.1) is 10.2 Å². The molecule has 0 radical (unpaired) electrons. The van der Waals surface area contributed by atoms with Crippen LogP contribution in [0.5, 0.6) is 5.75 Å². The van der Waals surface area contributed by atoms with Crippen molar-refractivity contribution >= 4 is 23.4 Å². The van der Waals surface area contributed by atoms with E-state index in [2.05, 4.69) is 15.5 Å². The van der Waals surface area contributed by atoms with Gasteiger partial charge in [0.15, 0.2) is 6.61 Å². The lowest BCUT2D eigenvalue weighted by Gasteiger charge is -2.05. The first-order valence-corrected chi connectivity index (χ1v) is 8.88. The summed E-state index contributed by atoms with van der Waals surface area (Å²) in [6, 6.07) is 10.4. The average Bonchev–Trinajstić information content (AvgIpc) is 3.09. The molecule has 3 aromatic rings. The average molecular weight is 391 g/mol. The number of carbonyl (C=O) groups is 1. The van der Waals surface area contributed by atoms with Gasteiger partial charge in [-0.1, -0.05) is 23.9 Å². The minimum absolute atomic E-state index is 0.0722. The van der Waals surface area contributed by atoms with E-state index in [1.165, 1.54) is 0 Å². The number of thioether (sulfide) groups is 1. The van der Waals surface area contributed by atoms with Gasteiger partial charge < -0.3 is 14.5 Å². The fourth-order valence-corrected chi connectivity index (χ4v) is 2.69. The van der Waals surface area contributed by atoms with Gasteiger partial charge in [-0.3, -0.25) is 4.79 Å². The number of hydrogen-bond acceptors (Lipinski definition) is 6. The fourth-order valence-electron chi connectivity index (χ4n) is 2.11. The van der Waals surface area contributed by atoms with Crippen LogP contribution in [0.15, 0.2) is 52.1 Å². The molecular formula is C18H15F2N3O3S. The van der Waals surface area contributed by atoms with Crippen molar-refractivity contribution in [2.75, 3.05) is 11.1 Å². The number of carbonyl (C=O) groups excluding carboxylic acids is 1. The Morgan fingerprint density at radius 1 is 1.22 bits per heavy atom. The molecule has 0 aliphatic rings. The van der Waals surface area contributed by atoms with Gasteiger partial charge in [-0.05, 0) is 36.8 Å². The van der Waals surface area contributed by atoms with Crippen molar-refractivity contribution in [1.29, 1.82) is 0 Å². The Bertz CT molecular complexity index is 949. The fraction of sp³-hybridized carbons (Fsp3) is 0.167. The second-order valence-electron chi connectivity index (χ2n) is 5.53. The largest absolute Gasteiger partial charge is 0.484 e. The SMILES string of the molecule is Cc1cccc(OCc2nnc(SCC(=O)Nc3ccc(F)cc3F)o2)c1. The summed E-state index contributed by atoms with van der Waals surface area (Å²) >= 11 is 0.997. The van der Waals surface area contributed by atoms with E-state index in [1.807, 2.05) is 31.2 Å². The summed E-state index contributed by atoms with van der Waals surface area (Å²) in [5.41, 5.74) is 0.970. The Balaban J connectivity index is 1.48. The van der Waals surface area contributed by atoms with Crippen LogP contribution in [0.4, 0.5) is 14.5 Å². The number of anilines is 1. The number of aryl methyl sites for hydroxylation is 1. The molecule has 0 fully saturated rings. The molecule has 0 bridgehead atoms. The van der Waals surface area contributed by atoms with E-state index >= 15 is 0 Å². The first-order chi connectivity index (χ1) is 13.0. The van der Waals surface area contributed by atoms with Crippen LogP contribution in [0.1, 0.15) is 11.5 Å². The number of ether oxygens (including phenoxy) is 1. The Morgan fingerprint density at radius 2 is 2.07 bits per heavy atom. The van der Waals surface area contributed by atoms with Gasteiger partial charge in [-0.2, -0.15) is 0 Å². The minimum atomic E-state index is -0.846. The van der Waals surface area contributed by atoms with Crippen LogP contribution in [-0.2, 0) is 11.4 Å². The maximum absolute atomic E-state index is 13.5. The second kappa shape index (κ2) is 8.63. The predicted molar refractivity (Wildman–Crippen MR) is 95.5 cm³/mol. The zero-order valence-electron chi connectivity index (χ0n) is 14.2. The molecule has 0 atom stereocenters. The van der Waals surface area contributed by atoms with Crippen LogP contribution in [0.3, 0.4) is 0 Å². The van der Waals surface area contributed by atoms with Crippen LogP contribution in [0.2, 0.25) is 0 Å². The number of nitrogens with one attached hydrogen (secondary N) is 1. The summed E-state index contributed by atoms with van der Waals surface area (Å²) in [7, 11) is 0. The summed E-state index contributed by atoms with van der Waals surface area (Å²) in [6.45, 7) is 2.06. The van der Waals surface area contributed by atoms with E-state index in [9.17, 15) is 13.6 Å². The van der Waals surface area contributed by atoms with Crippen LogP contribution < -0.4 is 10.1 Å². The second-order valence-corrected chi connectivity index (χ2v) is 6.45. The van der Waals surface area contributed by atoms with Crippen molar-refractivity contribution in [2.24, 2.45) is 0 Å². The van der Waals surface area contributed by atoms with Crippen molar-refractivity contribution < 1.29 is 22.7 Å².